The van der Waals surface area contributed by atoms with Gasteiger partial charge in [0.25, 0.3) is 0 Å². The van der Waals surface area contributed by atoms with Crippen molar-refractivity contribution in [3.63, 3.8) is 0 Å². The lowest BCUT2D eigenvalue weighted by atomic mass is 9.90. The van der Waals surface area contributed by atoms with Gasteiger partial charge in [0.15, 0.2) is 0 Å². The summed E-state index contributed by atoms with van der Waals surface area (Å²) in [5, 5.41) is 0. The van der Waals surface area contributed by atoms with E-state index in [1.807, 2.05) is 0 Å². The first kappa shape index (κ1) is 16.4. The molecule has 6 heteroatoms. The van der Waals surface area contributed by atoms with Gasteiger partial charge in [-0.3, -0.25) is 0 Å². The molecule has 0 heterocycles. The van der Waals surface area contributed by atoms with Crippen molar-refractivity contribution >= 4 is 0 Å². The molecule has 0 atom stereocenters. The fourth-order valence-corrected chi connectivity index (χ4v) is 2.36. The summed E-state index contributed by atoms with van der Waals surface area (Å²) in [5.41, 5.74) is -2.38. The molecule has 0 aliphatic carbocycles. The Bertz CT molecular complexity index is 695. The SMILES string of the molecule is Cc1cccc(-c2cccc(C(F)(F)F)c2C(F)(F)F)c1C. The van der Waals surface area contributed by atoms with Gasteiger partial charge in [-0.05, 0) is 42.2 Å². The van der Waals surface area contributed by atoms with Gasteiger partial charge in [0.2, 0.25) is 0 Å². The van der Waals surface area contributed by atoms with Crippen LogP contribution in [-0.4, -0.2) is 0 Å². The van der Waals surface area contributed by atoms with Crippen molar-refractivity contribution in [1.29, 1.82) is 0 Å². The monoisotopic (exact) mass is 318 g/mol. The number of halogens is 6. The highest BCUT2D eigenvalue weighted by atomic mass is 19.4. The number of benzene rings is 2. The van der Waals surface area contributed by atoms with E-state index in [-0.39, 0.29) is 5.56 Å². The van der Waals surface area contributed by atoms with Crippen molar-refractivity contribution < 1.29 is 26.3 Å². The van der Waals surface area contributed by atoms with E-state index in [2.05, 4.69) is 0 Å². The zero-order valence-corrected chi connectivity index (χ0v) is 11.7. The summed E-state index contributed by atoms with van der Waals surface area (Å²) in [5.74, 6) is 0. The van der Waals surface area contributed by atoms with Crippen LogP contribution in [0.25, 0.3) is 11.1 Å². The van der Waals surface area contributed by atoms with Crippen LogP contribution in [0.4, 0.5) is 26.3 Å². The lowest BCUT2D eigenvalue weighted by Crippen LogP contribution is -2.18. The molecule has 2 aromatic carbocycles. The Morgan fingerprint density at radius 1 is 0.682 bits per heavy atom. The number of hydrogen-bond donors (Lipinski definition) is 0. The molecule has 0 fully saturated rings. The zero-order chi connectivity index (χ0) is 16.7. The maximum atomic E-state index is 13.3. The van der Waals surface area contributed by atoms with Crippen molar-refractivity contribution in [2.24, 2.45) is 0 Å². The third-order valence-corrected chi connectivity index (χ3v) is 3.55. The molecule has 0 aliphatic heterocycles. The Balaban J connectivity index is 2.86. The highest BCUT2D eigenvalue weighted by Crippen LogP contribution is 2.45. The van der Waals surface area contributed by atoms with E-state index < -0.39 is 29.0 Å². The second-order valence-electron chi connectivity index (χ2n) is 4.97. The van der Waals surface area contributed by atoms with E-state index in [0.29, 0.717) is 17.2 Å². The zero-order valence-electron chi connectivity index (χ0n) is 11.7. The van der Waals surface area contributed by atoms with Crippen molar-refractivity contribution in [3.8, 4) is 11.1 Å². The second kappa shape index (κ2) is 5.34. The fourth-order valence-electron chi connectivity index (χ4n) is 2.36. The minimum Gasteiger partial charge on any atom is -0.166 e. The van der Waals surface area contributed by atoms with E-state index in [1.165, 1.54) is 12.1 Å². The summed E-state index contributed by atoms with van der Waals surface area (Å²) in [4.78, 5) is 0. The van der Waals surface area contributed by atoms with Crippen molar-refractivity contribution in [3.05, 3.63) is 58.7 Å². The molecule has 0 aliphatic rings. The average molecular weight is 318 g/mol. The third-order valence-electron chi connectivity index (χ3n) is 3.55. The number of hydrogen-bond acceptors (Lipinski definition) is 0. The minimum atomic E-state index is -5.10. The van der Waals surface area contributed by atoms with Crippen LogP contribution in [0.5, 0.6) is 0 Å². The van der Waals surface area contributed by atoms with Gasteiger partial charge in [0, 0.05) is 0 Å². The van der Waals surface area contributed by atoms with Crippen molar-refractivity contribution in [1.82, 2.24) is 0 Å². The van der Waals surface area contributed by atoms with Gasteiger partial charge in [-0.1, -0.05) is 30.3 Å². The highest BCUT2D eigenvalue weighted by molar-refractivity contribution is 5.73. The molecule has 0 spiro atoms. The molecule has 0 aromatic heterocycles. The Morgan fingerprint density at radius 2 is 1.23 bits per heavy atom. The maximum Gasteiger partial charge on any atom is 0.417 e. The van der Waals surface area contributed by atoms with E-state index in [0.717, 1.165) is 12.1 Å². The van der Waals surface area contributed by atoms with E-state index in [1.54, 1.807) is 19.9 Å². The lowest BCUT2D eigenvalue weighted by molar-refractivity contribution is -0.161. The van der Waals surface area contributed by atoms with Crippen LogP contribution in [0.2, 0.25) is 0 Å². The van der Waals surface area contributed by atoms with Gasteiger partial charge in [-0.2, -0.15) is 26.3 Å². The largest absolute Gasteiger partial charge is 0.417 e. The molecular formula is C16H12F6. The summed E-state index contributed by atoms with van der Waals surface area (Å²) >= 11 is 0. The predicted octanol–water partition coefficient (Wildman–Crippen LogP) is 6.01. The first-order chi connectivity index (χ1) is 10.0. The molecular weight excluding hydrogens is 306 g/mol. The van der Waals surface area contributed by atoms with Crippen LogP contribution in [0, 0.1) is 13.8 Å². The topological polar surface area (TPSA) is 0 Å². The summed E-state index contributed by atoms with van der Waals surface area (Å²) in [6, 6.07) is 7.14. The minimum absolute atomic E-state index is 0.151. The molecule has 0 radical (unpaired) electrons. The molecule has 22 heavy (non-hydrogen) atoms. The van der Waals surface area contributed by atoms with E-state index in [9.17, 15) is 26.3 Å². The molecule has 0 amide bonds. The molecule has 2 aromatic rings. The smallest absolute Gasteiger partial charge is 0.166 e. The highest BCUT2D eigenvalue weighted by Gasteiger charge is 2.44. The normalized spacial score (nSPS) is 12.5. The van der Waals surface area contributed by atoms with Crippen LogP contribution in [-0.2, 0) is 12.4 Å². The molecule has 118 valence electrons. The number of aryl methyl sites for hydroxylation is 1. The molecule has 0 saturated carbocycles. The Morgan fingerprint density at radius 3 is 1.77 bits per heavy atom. The quantitative estimate of drug-likeness (QED) is 0.565. The fraction of sp³-hybridized carbons (Fsp3) is 0.250. The van der Waals surface area contributed by atoms with Crippen LogP contribution in [0.1, 0.15) is 22.3 Å². The van der Waals surface area contributed by atoms with Crippen LogP contribution >= 0.6 is 0 Å². The van der Waals surface area contributed by atoms with E-state index in [4.69, 9.17) is 0 Å². The van der Waals surface area contributed by atoms with Gasteiger partial charge in [-0.25, -0.2) is 0 Å². The summed E-state index contributed by atoms with van der Waals surface area (Å²) < 4.78 is 78.6. The molecule has 0 N–H and O–H groups in total. The summed E-state index contributed by atoms with van der Waals surface area (Å²) in [6.07, 6.45) is -10.2. The van der Waals surface area contributed by atoms with Crippen LogP contribution in [0.3, 0.4) is 0 Å². The number of alkyl halides is 6. The van der Waals surface area contributed by atoms with Gasteiger partial charge >= 0.3 is 12.4 Å². The third kappa shape index (κ3) is 2.96. The Kier molecular flexibility index (Phi) is 3.98. The molecule has 0 nitrogen and oxygen atoms in total. The maximum absolute atomic E-state index is 13.3. The molecule has 0 bridgehead atoms. The molecule has 0 saturated heterocycles. The summed E-state index contributed by atoms with van der Waals surface area (Å²) in [6.45, 7) is 3.28. The average Bonchev–Trinajstić information content (AvgIpc) is 2.39. The second-order valence-corrected chi connectivity index (χ2v) is 4.97. The first-order valence-corrected chi connectivity index (χ1v) is 6.37. The molecule has 2 rings (SSSR count). The Labute approximate surface area is 123 Å². The van der Waals surface area contributed by atoms with Crippen molar-refractivity contribution in [2.45, 2.75) is 26.2 Å². The Hall–Kier alpha value is -1.98. The first-order valence-electron chi connectivity index (χ1n) is 6.37. The van der Waals surface area contributed by atoms with E-state index >= 15 is 0 Å². The lowest BCUT2D eigenvalue weighted by Gasteiger charge is -2.20. The van der Waals surface area contributed by atoms with Crippen LogP contribution in [0.15, 0.2) is 36.4 Å². The summed E-state index contributed by atoms with van der Waals surface area (Å²) in [7, 11) is 0. The predicted molar refractivity (Wildman–Crippen MR) is 71.4 cm³/mol. The van der Waals surface area contributed by atoms with Gasteiger partial charge in [0.05, 0.1) is 11.1 Å². The standard InChI is InChI=1S/C16H12F6/c1-9-5-3-6-11(10(9)2)12-7-4-8-13(15(17,18)19)14(12)16(20,21)22/h3-8H,1-2H3. The van der Waals surface area contributed by atoms with Crippen molar-refractivity contribution in [2.75, 3.05) is 0 Å². The van der Waals surface area contributed by atoms with Gasteiger partial charge in [0.1, 0.15) is 0 Å². The molecule has 0 unspecified atom stereocenters. The van der Waals surface area contributed by atoms with Crippen LogP contribution < -0.4 is 0 Å². The number of rotatable bonds is 1. The van der Waals surface area contributed by atoms with Gasteiger partial charge < -0.3 is 0 Å². The van der Waals surface area contributed by atoms with Gasteiger partial charge in [-0.15, -0.1) is 0 Å².